The van der Waals surface area contributed by atoms with E-state index in [1.54, 1.807) is 0 Å². The van der Waals surface area contributed by atoms with Crippen LogP contribution in [-0.2, 0) is 10.2 Å². The summed E-state index contributed by atoms with van der Waals surface area (Å²) in [5.74, 6) is 0.428. The molecule has 1 saturated carbocycles. The molecule has 0 N–H and O–H groups in total. The van der Waals surface area contributed by atoms with Gasteiger partial charge in [0.2, 0.25) is 0 Å². The Morgan fingerprint density at radius 3 is 2.40 bits per heavy atom. The van der Waals surface area contributed by atoms with Crippen molar-refractivity contribution in [2.75, 3.05) is 0 Å². The SMILES string of the molecule is CC[C@@]1(c2ccc(C)cc2)CCC(=O)C1. The summed E-state index contributed by atoms with van der Waals surface area (Å²) in [7, 11) is 0. The van der Waals surface area contributed by atoms with Gasteiger partial charge in [-0.3, -0.25) is 4.79 Å². The zero-order valence-corrected chi connectivity index (χ0v) is 9.55. The molecule has 1 atom stereocenters. The third-order valence-corrected chi connectivity index (χ3v) is 3.76. The fraction of sp³-hybridized carbons (Fsp3) is 0.500. The van der Waals surface area contributed by atoms with Crippen LogP contribution < -0.4 is 0 Å². The minimum absolute atomic E-state index is 0.144. The molecule has 2 rings (SSSR count). The fourth-order valence-electron chi connectivity index (χ4n) is 2.59. The highest BCUT2D eigenvalue weighted by atomic mass is 16.1. The van der Waals surface area contributed by atoms with Gasteiger partial charge in [-0.25, -0.2) is 0 Å². The van der Waals surface area contributed by atoms with Gasteiger partial charge in [0.15, 0.2) is 0 Å². The molecule has 80 valence electrons. The third-order valence-electron chi connectivity index (χ3n) is 3.76. The van der Waals surface area contributed by atoms with Gasteiger partial charge in [0.05, 0.1) is 0 Å². The number of Topliss-reactive ketones (excluding diaryl/α,β-unsaturated/α-hetero) is 1. The Morgan fingerprint density at radius 2 is 1.93 bits per heavy atom. The van der Waals surface area contributed by atoms with Gasteiger partial charge < -0.3 is 0 Å². The number of aryl methyl sites for hydroxylation is 1. The molecule has 1 heteroatoms. The van der Waals surface area contributed by atoms with Crippen molar-refractivity contribution in [1.82, 2.24) is 0 Å². The lowest BCUT2D eigenvalue weighted by molar-refractivity contribution is -0.117. The van der Waals surface area contributed by atoms with E-state index in [2.05, 4.69) is 38.1 Å². The molecule has 15 heavy (non-hydrogen) atoms. The quantitative estimate of drug-likeness (QED) is 0.718. The van der Waals surface area contributed by atoms with E-state index < -0.39 is 0 Å². The molecule has 0 bridgehead atoms. The maximum atomic E-state index is 11.5. The Kier molecular flexibility index (Phi) is 2.64. The lowest BCUT2D eigenvalue weighted by atomic mass is 9.76. The summed E-state index contributed by atoms with van der Waals surface area (Å²) in [6, 6.07) is 8.68. The van der Waals surface area contributed by atoms with Crippen LogP contribution in [0.15, 0.2) is 24.3 Å². The minimum Gasteiger partial charge on any atom is -0.300 e. The lowest BCUT2D eigenvalue weighted by Crippen LogP contribution is -2.21. The molecule has 1 aromatic carbocycles. The first-order valence-corrected chi connectivity index (χ1v) is 5.75. The van der Waals surface area contributed by atoms with Crippen LogP contribution in [0.25, 0.3) is 0 Å². The number of hydrogen-bond donors (Lipinski definition) is 0. The van der Waals surface area contributed by atoms with E-state index in [9.17, 15) is 4.79 Å². The van der Waals surface area contributed by atoms with Crippen LogP contribution in [0.4, 0.5) is 0 Å². The van der Waals surface area contributed by atoms with Gasteiger partial charge in [-0.15, -0.1) is 0 Å². The molecule has 0 amide bonds. The van der Waals surface area contributed by atoms with Crippen molar-refractivity contribution < 1.29 is 4.79 Å². The Morgan fingerprint density at radius 1 is 1.27 bits per heavy atom. The molecule has 0 radical (unpaired) electrons. The van der Waals surface area contributed by atoms with E-state index in [4.69, 9.17) is 0 Å². The third kappa shape index (κ3) is 1.83. The molecule has 0 spiro atoms. The predicted molar refractivity (Wildman–Crippen MR) is 62.0 cm³/mol. The maximum Gasteiger partial charge on any atom is 0.133 e. The van der Waals surface area contributed by atoms with Crippen LogP contribution in [0.1, 0.15) is 43.7 Å². The Bertz CT molecular complexity index is 363. The van der Waals surface area contributed by atoms with Crippen LogP contribution in [0, 0.1) is 6.92 Å². The standard InChI is InChI=1S/C14H18O/c1-3-14(9-8-13(15)10-14)12-6-4-11(2)5-7-12/h4-7H,3,8-10H2,1-2H3/t14-/m1/s1. The molecule has 1 aromatic rings. The Balaban J connectivity index is 2.34. The Hall–Kier alpha value is -1.11. The summed E-state index contributed by atoms with van der Waals surface area (Å²) < 4.78 is 0. The molecular weight excluding hydrogens is 184 g/mol. The average molecular weight is 202 g/mol. The van der Waals surface area contributed by atoms with Gasteiger partial charge >= 0.3 is 0 Å². The van der Waals surface area contributed by atoms with E-state index in [-0.39, 0.29) is 5.41 Å². The number of carbonyl (C=O) groups is 1. The fourth-order valence-corrected chi connectivity index (χ4v) is 2.59. The van der Waals surface area contributed by atoms with Crippen molar-refractivity contribution >= 4 is 5.78 Å². The lowest BCUT2D eigenvalue weighted by Gasteiger charge is -2.27. The maximum absolute atomic E-state index is 11.5. The van der Waals surface area contributed by atoms with Crippen LogP contribution >= 0.6 is 0 Å². The number of carbonyl (C=O) groups excluding carboxylic acids is 1. The minimum atomic E-state index is 0.144. The van der Waals surface area contributed by atoms with Crippen LogP contribution in [-0.4, -0.2) is 5.78 Å². The van der Waals surface area contributed by atoms with Crippen LogP contribution in [0.5, 0.6) is 0 Å². The summed E-state index contributed by atoms with van der Waals surface area (Å²) in [5.41, 5.74) is 2.78. The number of ketones is 1. The van der Waals surface area contributed by atoms with E-state index in [0.717, 1.165) is 25.7 Å². The van der Waals surface area contributed by atoms with E-state index >= 15 is 0 Å². The summed E-state index contributed by atoms with van der Waals surface area (Å²) in [6.07, 6.45) is 3.61. The summed E-state index contributed by atoms with van der Waals surface area (Å²) in [4.78, 5) is 11.5. The summed E-state index contributed by atoms with van der Waals surface area (Å²) in [5, 5.41) is 0. The molecule has 1 fully saturated rings. The smallest absolute Gasteiger partial charge is 0.133 e. The van der Waals surface area contributed by atoms with Crippen LogP contribution in [0.2, 0.25) is 0 Å². The van der Waals surface area contributed by atoms with Crippen molar-refractivity contribution in [2.45, 2.75) is 44.9 Å². The second-order valence-electron chi connectivity index (χ2n) is 4.72. The highest BCUT2D eigenvalue weighted by Gasteiger charge is 2.37. The number of hydrogen-bond acceptors (Lipinski definition) is 1. The summed E-state index contributed by atoms with van der Waals surface area (Å²) in [6.45, 7) is 4.29. The van der Waals surface area contributed by atoms with Crippen molar-refractivity contribution in [1.29, 1.82) is 0 Å². The summed E-state index contributed by atoms with van der Waals surface area (Å²) >= 11 is 0. The van der Waals surface area contributed by atoms with E-state index in [1.807, 2.05) is 0 Å². The first-order chi connectivity index (χ1) is 7.16. The van der Waals surface area contributed by atoms with Crippen molar-refractivity contribution in [2.24, 2.45) is 0 Å². The van der Waals surface area contributed by atoms with Gasteiger partial charge in [0.25, 0.3) is 0 Å². The second-order valence-corrected chi connectivity index (χ2v) is 4.72. The molecule has 1 aliphatic rings. The monoisotopic (exact) mass is 202 g/mol. The van der Waals surface area contributed by atoms with E-state index in [1.165, 1.54) is 11.1 Å². The van der Waals surface area contributed by atoms with E-state index in [0.29, 0.717) is 5.78 Å². The first-order valence-electron chi connectivity index (χ1n) is 5.75. The molecule has 1 nitrogen and oxygen atoms in total. The van der Waals surface area contributed by atoms with Crippen LogP contribution in [0.3, 0.4) is 0 Å². The highest BCUT2D eigenvalue weighted by Crippen LogP contribution is 2.41. The Labute approximate surface area is 91.5 Å². The van der Waals surface area contributed by atoms with Gasteiger partial charge in [-0.1, -0.05) is 36.8 Å². The molecule has 0 unspecified atom stereocenters. The zero-order valence-electron chi connectivity index (χ0n) is 9.55. The normalized spacial score (nSPS) is 25.9. The molecule has 1 aliphatic carbocycles. The molecule has 0 aliphatic heterocycles. The molecule has 0 heterocycles. The molecule has 0 aromatic heterocycles. The second kappa shape index (κ2) is 3.80. The number of rotatable bonds is 2. The van der Waals surface area contributed by atoms with Gasteiger partial charge in [0.1, 0.15) is 5.78 Å². The molecular formula is C14H18O. The first kappa shape index (κ1) is 10.4. The van der Waals surface area contributed by atoms with Gasteiger partial charge in [-0.2, -0.15) is 0 Å². The topological polar surface area (TPSA) is 17.1 Å². The average Bonchev–Trinajstić information content (AvgIpc) is 2.62. The van der Waals surface area contributed by atoms with Gasteiger partial charge in [-0.05, 0) is 25.3 Å². The largest absolute Gasteiger partial charge is 0.300 e. The van der Waals surface area contributed by atoms with Crippen molar-refractivity contribution in [3.05, 3.63) is 35.4 Å². The van der Waals surface area contributed by atoms with Gasteiger partial charge in [0, 0.05) is 18.3 Å². The molecule has 0 saturated heterocycles. The highest BCUT2D eigenvalue weighted by molar-refractivity contribution is 5.82. The zero-order chi connectivity index (χ0) is 10.9. The van der Waals surface area contributed by atoms with Crippen molar-refractivity contribution in [3.8, 4) is 0 Å². The predicted octanol–water partition coefficient (Wildman–Crippen LogP) is 3.40. The number of benzene rings is 1. The van der Waals surface area contributed by atoms with Crippen molar-refractivity contribution in [3.63, 3.8) is 0 Å².